The molecule has 0 radical (unpaired) electrons. The summed E-state index contributed by atoms with van der Waals surface area (Å²) >= 11 is 0. The lowest BCUT2D eigenvalue weighted by Gasteiger charge is -2.10. The van der Waals surface area contributed by atoms with Gasteiger partial charge in [-0.2, -0.15) is 4.98 Å². The first kappa shape index (κ1) is 21.8. The van der Waals surface area contributed by atoms with Crippen molar-refractivity contribution in [2.24, 2.45) is 5.73 Å². The second-order valence-electron chi connectivity index (χ2n) is 7.13. The molecule has 0 aliphatic heterocycles. The Balaban J connectivity index is 1.52. The van der Waals surface area contributed by atoms with Crippen molar-refractivity contribution in [3.8, 4) is 28.7 Å². The van der Waals surface area contributed by atoms with E-state index in [2.05, 4.69) is 15.5 Å². The van der Waals surface area contributed by atoms with Crippen LogP contribution in [0.15, 0.2) is 71.3 Å². The molecule has 0 aliphatic rings. The molecule has 1 aromatic heterocycles. The zero-order valence-corrected chi connectivity index (χ0v) is 18.0. The van der Waals surface area contributed by atoms with Crippen LogP contribution in [0.4, 0.5) is 5.69 Å². The van der Waals surface area contributed by atoms with Gasteiger partial charge >= 0.3 is 0 Å². The van der Waals surface area contributed by atoms with Gasteiger partial charge in [-0.25, -0.2) is 0 Å². The first-order chi connectivity index (χ1) is 16.0. The molecule has 1 heterocycles. The summed E-state index contributed by atoms with van der Waals surface area (Å²) in [6.07, 6.45) is 0. The summed E-state index contributed by atoms with van der Waals surface area (Å²) in [7, 11) is 3.01. The number of aromatic nitrogens is 2. The molecular formula is C24H22N4O5. The number of phenolic OH excluding ortho intramolecular Hbond substituents is 1. The second kappa shape index (κ2) is 9.41. The number of phenols is 1. The fourth-order valence-corrected chi connectivity index (χ4v) is 3.21. The van der Waals surface area contributed by atoms with Crippen molar-refractivity contribution >= 4 is 11.6 Å². The number of carbonyl (C=O) groups is 1. The minimum absolute atomic E-state index is 0.115. The van der Waals surface area contributed by atoms with Crippen LogP contribution < -0.4 is 20.5 Å². The van der Waals surface area contributed by atoms with E-state index in [4.69, 9.17) is 19.7 Å². The van der Waals surface area contributed by atoms with Crippen molar-refractivity contribution in [1.29, 1.82) is 0 Å². The molecule has 168 valence electrons. The van der Waals surface area contributed by atoms with Crippen molar-refractivity contribution in [2.75, 3.05) is 19.5 Å². The van der Waals surface area contributed by atoms with Crippen molar-refractivity contribution < 1.29 is 23.9 Å². The number of methoxy groups -OCH3 is 2. The number of aromatic hydroxyl groups is 1. The number of hydrogen-bond acceptors (Lipinski definition) is 8. The van der Waals surface area contributed by atoms with Gasteiger partial charge in [-0.1, -0.05) is 35.5 Å². The average Bonchev–Trinajstić information content (AvgIpc) is 3.33. The molecule has 0 saturated carbocycles. The van der Waals surface area contributed by atoms with Gasteiger partial charge in [-0.3, -0.25) is 4.79 Å². The van der Waals surface area contributed by atoms with Gasteiger partial charge in [0, 0.05) is 23.4 Å². The van der Waals surface area contributed by atoms with Gasteiger partial charge in [0.2, 0.25) is 0 Å². The fourth-order valence-electron chi connectivity index (χ4n) is 3.21. The standard InChI is InChI=1S/C24H22N4O5/c1-31-17-10-15(11-18(13-17)32-2)23(30)26-16-8-9-19(20(29)12-16)24-27-22(28-33-24)21(25)14-6-4-3-5-7-14/h3-13,21,29H,25H2,1-2H3,(H,26,30). The Morgan fingerprint density at radius 2 is 1.73 bits per heavy atom. The average molecular weight is 446 g/mol. The van der Waals surface area contributed by atoms with E-state index in [9.17, 15) is 9.90 Å². The van der Waals surface area contributed by atoms with Crippen LogP contribution in [-0.2, 0) is 0 Å². The third kappa shape index (κ3) is 4.78. The SMILES string of the molecule is COc1cc(OC)cc(C(=O)Nc2ccc(-c3nc(C(N)c4ccccc4)no3)c(O)c2)c1. The Morgan fingerprint density at radius 1 is 1.03 bits per heavy atom. The van der Waals surface area contributed by atoms with Gasteiger partial charge in [0.25, 0.3) is 11.8 Å². The second-order valence-corrected chi connectivity index (χ2v) is 7.13. The van der Waals surface area contributed by atoms with Crippen LogP contribution in [-0.4, -0.2) is 35.4 Å². The predicted molar refractivity (Wildman–Crippen MR) is 121 cm³/mol. The number of nitrogens with one attached hydrogen (secondary N) is 1. The molecular weight excluding hydrogens is 424 g/mol. The Bertz CT molecular complexity index is 1250. The van der Waals surface area contributed by atoms with E-state index in [-0.39, 0.29) is 11.6 Å². The highest BCUT2D eigenvalue weighted by Gasteiger charge is 2.19. The molecule has 3 aromatic carbocycles. The smallest absolute Gasteiger partial charge is 0.261 e. The molecule has 0 fully saturated rings. The lowest BCUT2D eigenvalue weighted by molar-refractivity contribution is 0.102. The third-order valence-electron chi connectivity index (χ3n) is 4.98. The highest BCUT2D eigenvalue weighted by atomic mass is 16.5. The van der Waals surface area contributed by atoms with Crippen molar-refractivity contribution in [3.05, 3.63) is 83.7 Å². The number of carbonyl (C=O) groups excluding carboxylic acids is 1. The molecule has 4 aromatic rings. The lowest BCUT2D eigenvalue weighted by Crippen LogP contribution is -2.13. The first-order valence-electron chi connectivity index (χ1n) is 10.0. The molecule has 0 bridgehead atoms. The van der Waals surface area contributed by atoms with Crippen molar-refractivity contribution in [1.82, 2.24) is 10.1 Å². The molecule has 33 heavy (non-hydrogen) atoms. The summed E-state index contributed by atoms with van der Waals surface area (Å²) in [6, 6.07) is 18.2. The van der Waals surface area contributed by atoms with Crippen LogP contribution in [0.3, 0.4) is 0 Å². The van der Waals surface area contributed by atoms with E-state index in [0.717, 1.165) is 5.56 Å². The van der Waals surface area contributed by atoms with Gasteiger partial charge in [0.05, 0.1) is 25.8 Å². The first-order valence-corrected chi connectivity index (χ1v) is 10.0. The highest BCUT2D eigenvalue weighted by molar-refractivity contribution is 6.05. The van der Waals surface area contributed by atoms with Crippen LogP contribution in [0, 0.1) is 0 Å². The summed E-state index contributed by atoms with van der Waals surface area (Å²) in [6.45, 7) is 0. The Morgan fingerprint density at radius 3 is 2.36 bits per heavy atom. The van der Waals surface area contributed by atoms with E-state index >= 15 is 0 Å². The van der Waals surface area contributed by atoms with E-state index in [1.165, 1.54) is 20.3 Å². The highest BCUT2D eigenvalue weighted by Crippen LogP contribution is 2.32. The summed E-state index contributed by atoms with van der Waals surface area (Å²) in [4.78, 5) is 17.0. The monoisotopic (exact) mass is 446 g/mol. The minimum Gasteiger partial charge on any atom is -0.507 e. The van der Waals surface area contributed by atoms with Crippen LogP contribution in [0.5, 0.6) is 17.2 Å². The fraction of sp³-hybridized carbons (Fsp3) is 0.125. The Hall–Kier alpha value is -4.37. The number of hydrogen-bond donors (Lipinski definition) is 3. The number of anilines is 1. The van der Waals surface area contributed by atoms with Gasteiger partial charge < -0.3 is 30.2 Å². The number of benzene rings is 3. The van der Waals surface area contributed by atoms with Crippen molar-refractivity contribution in [3.63, 3.8) is 0 Å². The van der Waals surface area contributed by atoms with E-state index in [1.807, 2.05) is 30.3 Å². The minimum atomic E-state index is -0.566. The molecule has 4 rings (SSSR count). The van der Waals surface area contributed by atoms with Crippen molar-refractivity contribution in [2.45, 2.75) is 6.04 Å². The maximum atomic E-state index is 12.7. The summed E-state index contributed by atoms with van der Waals surface area (Å²) in [5, 5.41) is 17.2. The maximum absolute atomic E-state index is 12.7. The largest absolute Gasteiger partial charge is 0.507 e. The number of rotatable bonds is 7. The van der Waals surface area contributed by atoms with Gasteiger partial charge in [-0.05, 0) is 29.8 Å². The molecule has 0 aliphatic carbocycles. The number of amides is 1. The molecule has 9 nitrogen and oxygen atoms in total. The van der Waals surface area contributed by atoms with Gasteiger partial charge in [0.1, 0.15) is 17.2 Å². The van der Waals surface area contributed by atoms with Crippen LogP contribution >= 0.6 is 0 Å². The summed E-state index contributed by atoms with van der Waals surface area (Å²) in [5.74, 6) is 0.842. The topological polar surface area (TPSA) is 133 Å². The molecule has 0 spiro atoms. The molecule has 1 atom stereocenters. The lowest BCUT2D eigenvalue weighted by atomic mass is 10.1. The maximum Gasteiger partial charge on any atom is 0.261 e. The van der Waals surface area contributed by atoms with Gasteiger partial charge in [-0.15, -0.1) is 0 Å². The third-order valence-corrected chi connectivity index (χ3v) is 4.98. The van der Waals surface area contributed by atoms with E-state index in [0.29, 0.717) is 34.1 Å². The van der Waals surface area contributed by atoms with E-state index in [1.54, 1.807) is 30.3 Å². The molecule has 1 amide bonds. The Labute approximate surface area is 189 Å². The quantitative estimate of drug-likeness (QED) is 0.391. The predicted octanol–water partition coefficient (Wildman–Crippen LogP) is 3.76. The number of nitrogens with two attached hydrogens (primary N) is 1. The molecule has 0 saturated heterocycles. The zero-order chi connectivity index (χ0) is 23.4. The summed E-state index contributed by atoms with van der Waals surface area (Å²) < 4.78 is 15.7. The summed E-state index contributed by atoms with van der Waals surface area (Å²) in [5.41, 5.74) is 8.08. The van der Waals surface area contributed by atoms with Gasteiger partial charge in [0.15, 0.2) is 5.82 Å². The van der Waals surface area contributed by atoms with Crippen LogP contribution in [0.25, 0.3) is 11.5 Å². The molecule has 9 heteroatoms. The molecule has 4 N–H and O–H groups in total. The number of ether oxygens (including phenoxy) is 2. The molecule has 1 unspecified atom stereocenters. The normalized spacial score (nSPS) is 11.6. The van der Waals surface area contributed by atoms with Crippen LogP contribution in [0.2, 0.25) is 0 Å². The number of nitrogens with zero attached hydrogens (tertiary/aromatic N) is 2. The van der Waals surface area contributed by atoms with Crippen LogP contribution in [0.1, 0.15) is 27.8 Å². The Kier molecular flexibility index (Phi) is 6.23. The zero-order valence-electron chi connectivity index (χ0n) is 18.0. The van der Waals surface area contributed by atoms with E-state index < -0.39 is 11.9 Å².